The summed E-state index contributed by atoms with van der Waals surface area (Å²) in [6, 6.07) is 9.80. The van der Waals surface area contributed by atoms with Gasteiger partial charge in [-0.3, -0.25) is 0 Å². The van der Waals surface area contributed by atoms with Crippen LogP contribution in [0.4, 0.5) is 0 Å². The van der Waals surface area contributed by atoms with Crippen LogP contribution in [-0.2, 0) is 0 Å². The van der Waals surface area contributed by atoms with Crippen molar-refractivity contribution in [2.45, 2.75) is 13.8 Å². The highest BCUT2D eigenvalue weighted by molar-refractivity contribution is 6.33. The van der Waals surface area contributed by atoms with Crippen LogP contribution in [-0.4, -0.2) is 0 Å². The molecule has 0 saturated heterocycles. The molecular weight excluding hydrogens is 196 g/mol. The average Bonchev–Trinajstić information content (AvgIpc) is 2.46. The van der Waals surface area contributed by atoms with E-state index in [0.717, 1.165) is 27.7 Å². The van der Waals surface area contributed by atoms with Crippen LogP contribution in [0.25, 0.3) is 11.1 Å². The zero-order valence-electron chi connectivity index (χ0n) is 8.17. The maximum Gasteiger partial charge on any atom is 0.108 e. The van der Waals surface area contributed by atoms with Gasteiger partial charge in [0.1, 0.15) is 11.5 Å². The van der Waals surface area contributed by atoms with Gasteiger partial charge in [0.15, 0.2) is 0 Å². The van der Waals surface area contributed by atoms with Crippen molar-refractivity contribution >= 4 is 11.6 Å². The highest BCUT2D eigenvalue weighted by atomic mass is 35.5. The normalized spacial score (nSPS) is 10.5. The van der Waals surface area contributed by atoms with Crippen molar-refractivity contribution in [1.82, 2.24) is 0 Å². The Morgan fingerprint density at radius 2 is 1.79 bits per heavy atom. The molecule has 1 aromatic heterocycles. The van der Waals surface area contributed by atoms with E-state index in [2.05, 4.69) is 0 Å². The molecule has 2 rings (SSSR count). The fourth-order valence-electron chi connectivity index (χ4n) is 1.58. The number of rotatable bonds is 1. The number of halogens is 1. The quantitative estimate of drug-likeness (QED) is 0.681. The summed E-state index contributed by atoms with van der Waals surface area (Å²) in [7, 11) is 0. The van der Waals surface area contributed by atoms with Gasteiger partial charge >= 0.3 is 0 Å². The number of benzene rings is 1. The second-order valence-corrected chi connectivity index (χ2v) is 3.71. The van der Waals surface area contributed by atoms with Crippen LogP contribution in [0.3, 0.4) is 0 Å². The highest BCUT2D eigenvalue weighted by Crippen LogP contribution is 2.31. The third-order valence-electron chi connectivity index (χ3n) is 2.21. The minimum atomic E-state index is 0.761. The summed E-state index contributed by atoms with van der Waals surface area (Å²) in [4.78, 5) is 0. The smallest absolute Gasteiger partial charge is 0.108 e. The van der Waals surface area contributed by atoms with Crippen LogP contribution in [0.5, 0.6) is 0 Å². The molecule has 0 N–H and O–H groups in total. The molecular formula is C12H11ClO. The topological polar surface area (TPSA) is 13.1 Å². The molecule has 0 unspecified atom stereocenters. The maximum absolute atomic E-state index is 6.10. The van der Waals surface area contributed by atoms with Crippen molar-refractivity contribution in [3.05, 3.63) is 46.9 Å². The molecule has 1 aromatic carbocycles. The van der Waals surface area contributed by atoms with Crippen molar-refractivity contribution in [2.75, 3.05) is 0 Å². The molecule has 72 valence electrons. The molecule has 2 aromatic rings. The maximum atomic E-state index is 6.10. The van der Waals surface area contributed by atoms with E-state index in [0.29, 0.717) is 0 Å². The Balaban J connectivity index is 2.60. The van der Waals surface area contributed by atoms with Crippen LogP contribution in [0, 0.1) is 13.8 Å². The third-order valence-corrected chi connectivity index (χ3v) is 2.53. The first-order valence-corrected chi connectivity index (χ1v) is 4.88. The summed E-state index contributed by atoms with van der Waals surface area (Å²) in [6.07, 6.45) is 0. The molecule has 2 heteroatoms. The van der Waals surface area contributed by atoms with Gasteiger partial charge in [0, 0.05) is 16.1 Å². The fraction of sp³-hybridized carbons (Fsp3) is 0.167. The molecule has 0 aliphatic rings. The zero-order valence-corrected chi connectivity index (χ0v) is 8.93. The van der Waals surface area contributed by atoms with Crippen LogP contribution in [0.2, 0.25) is 5.02 Å². The molecule has 0 atom stereocenters. The first-order chi connectivity index (χ1) is 6.68. The summed E-state index contributed by atoms with van der Waals surface area (Å²) in [5, 5.41) is 0.761. The van der Waals surface area contributed by atoms with Crippen LogP contribution >= 0.6 is 11.6 Å². The number of hydrogen-bond acceptors (Lipinski definition) is 1. The summed E-state index contributed by atoms with van der Waals surface area (Å²) < 4.78 is 5.47. The highest BCUT2D eigenvalue weighted by Gasteiger charge is 2.09. The molecule has 0 radical (unpaired) electrons. The lowest BCUT2D eigenvalue weighted by atomic mass is 10.1. The third kappa shape index (κ3) is 1.55. The standard InChI is InChI=1S/C12H11ClO/c1-8-7-11(9(2)14-8)10-5-3-4-6-12(10)13/h3-7H,1-2H3. The largest absolute Gasteiger partial charge is 0.466 e. The molecule has 0 aliphatic carbocycles. The summed E-state index contributed by atoms with van der Waals surface area (Å²) >= 11 is 6.10. The van der Waals surface area contributed by atoms with E-state index in [1.54, 1.807) is 0 Å². The Bertz CT molecular complexity index is 457. The molecule has 0 bridgehead atoms. The number of aryl methyl sites for hydroxylation is 2. The van der Waals surface area contributed by atoms with E-state index in [1.165, 1.54) is 0 Å². The summed E-state index contributed by atoms with van der Waals surface area (Å²) in [5.41, 5.74) is 2.11. The van der Waals surface area contributed by atoms with Crippen molar-refractivity contribution in [3.63, 3.8) is 0 Å². The van der Waals surface area contributed by atoms with E-state index in [1.807, 2.05) is 44.2 Å². The van der Waals surface area contributed by atoms with Gasteiger partial charge in [0.25, 0.3) is 0 Å². The van der Waals surface area contributed by atoms with Gasteiger partial charge in [0.2, 0.25) is 0 Å². The van der Waals surface area contributed by atoms with Crippen LogP contribution < -0.4 is 0 Å². The predicted octanol–water partition coefficient (Wildman–Crippen LogP) is 4.22. The van der Waals surface area contributed by atoms with Crippen molar-refractivity contribution < 1.29 is 4.42 Å². The summed E-state index contributed by atoms with van der Waals surface area (Å²) in [5.74, 6) is 1.83. The molecule has 0 spiro atoms. The molecule has 0 fully saturated rings. The number of hydrogen-bond donors (Lipinski definition) is 0. The SMILES string of the molecule is Cc1cc(-c2ccccc2Cl)c(C)o1. The first-order valence-electron chi connectivity index (χ1n) is 4.50. The van der Waals surface area contributed by atoms with E-state index >= 15 is 0 Å². The molecule has 0 saturated carbocycles. The minimum absolute atomic E-state index is 0.761. The van der Waals surface area contributed by atoms with Gasteiger partial charge in [0.05, 0.1) is 0 Å². The Morgan fingerprint density at radius 1 is 1.07 bits per heavy atom. The molecule has 1 heterocycles. The molecule has 0 amide bonds. The van der Waals surface area contributed by atoms with E-state index in [4.69, 9.17) is 16.0 Å². The zero-order chi connectivity index (χ0) is 10.1. The van der Waals surface area contributed by atoms with Crippen molar-refractivity contribution in [3.8, 4) is 11.1 Å². The number of furan rings is 1. The van der Waals surface area contributed by atoms with Crippen LogP contribution in [0.15, 0.2) is 34.7 Å². The Labute approximate surface area is 88.3 Å². The van der Waals surface area contributed by atoms with Crippen molar-refractivity contribution in [1.29, 1.82) is 0 Å². The van der Waals surface area contributed by atoms with Gasteiger partial charge in [-0.2, -0.15) is 0 Å². The lowest BCUT2D eigenvalue weighted by Gasteiger charge is -2.00. The predicted molar refractivity (Wildman–Crippen MR) is 58.6 cm³/mol. The monoisotopic (exact) mass is 206 g/mol. The molecule has 14 heavy (non-hydrogen) atoms. The van der Waals surface area contributed by atoms with Gasteiger partial charge in [-0.25, -0.2) is 0 Å². The van der Waals surface area contributed by atoms with Gasteiger partial charge < -0.3 is 4.42 Å². The fourth-order valence-corrected chi connectivity index (χ4v) is 1.82. The Kier molecular flexibility index (Phi) is 2.34. The summed E-state index contributed by atoms with van der Waals surface area (Å²) in [6.45, 7) is 3.89. The van der Waals surface area contributed by atoms with E-state index in [-0.39, 0.29) is 0 Å². The lowest BCUT2D eigenvalue weighted by molar-refractivity contribution is 0.505. The van der Waals surface area contributed by atoms with Gasteiger partial charge in [-0.05, 0) is 26.0 Å². The Hall–Kier alpha value is -1.21. The second kappa shape index (κ2) is 3.50. The first kappa shape index (κ1) is 9.35. The van der Waals surface area contributed by atoms with Gasteiger partial charge in [-0.15, -0.1) is 0 Å². The van der Waals surface area contributed by atoms with E-state index < -0.39 is 0 Å². The minimum Gasteiger partial charge on any atom is -0.466 e. The molecule has 1 nitrogen and oxygen atoms in total. The van der Waals surface area contributed by atoms with Crippen LogP contribution in [0.1, 0.15) is 11.5 Å². The van der Waals surface area contributed by atoms with Gasteiger partial charge in [-0.1, -0.05) is 29.8 Å². The second-order valence-electron chi connectivity index (χ2n) is 3.31. The van der Waals surface area contributed by atoms with Crippen molar-refractivity contribution in [2.24, 2.45) is 0 Å². The Morgan fingerprint density at radius 3 is 2.36 bits per heavy atom. The lowest BCUT2D eigenvalue weighted by Crippen LogP contribution is -1.77. The van der Waals surface area contributed by atoms with E-state index in [9.17, 15) is 0 Å². The molecule has 0 aliphatic heterocycles. The average molecular weight is 207 g/mol.